The zero-order chi connectivity index (χ0) is 27.9. The average molecular weight is 559 g/mol. The van der Waals surface area contributed by atoms with Gasteiger partial charge in [-0.3, -0.25) is 5.01 Å². The van der Waals surface area contributed by atoms with Crippen LogP contribution in [-0.2, 0) is 0 Å². The largest absolute Gasteiger partial charge is 0.497 e. The number of hydrogen-bond acceptors (Lipinski definition) is 5. The van der Waals surface area contributed by atoms with Crippen molar-refractivity contribution >= 4 is 23.0 Å². The predicted molar refractivity (Wildman–Crippen MR) is 131 cm³/mol. The fraction of sp³-hybridized carbons (Fsp3) is 0.269. The molecule has 0 fully saturated rings. The lowest BCUT2D eigenvalue weighted by atomic mass is 9.89. The first kappa shape index (κ1) is 27.6. The Bertz CT molecular complexity index is 1330. The summed E-state index contributed by atoms with van der Waals surface area (Å²) < 4.78 is 92.4. The summed E-state index contributed by atoms with van der Waals surface area (Å²) in [4.78, 5) is 0. The molecule has 0 bridgehead atoms. The van der Waals surface area contributed by atoms with Crippen LogP contribution in [0.15, 0.2) is 71.8 Å². The molecule has 1 N–H and O–H groups in total. The molecule has 12 heteroatoms. The zero-order valence-corrected chi connectivity index (χ0v) is 20.7. The molecule has 0 spiro atoms. The second-order valence-electron chi connectivity index (χ2n) is 8.46. The molecule has 0 radical (unpaired) electrons. The van der Waals surface area contributed by atoms with Crippen LogP contribution in [0, 0.1) is 0 Å². The maximum atomic E-state index is 13.6. The van der Waals surface area contributed by atoms with Crippen molar-refractivity contribution in [1.29, 1.82) is 0 Å². The monoisotopic (exact) mass is 558 g/mol. The molecule has 4 rings (SSSR count). The van der Waals surface area contributed by atoms with Crippen molar-refractivity contribution < 1.29 is 40.9 Å². The van der Waals surface area contributed by atoms with Crippen LogP contribution in [-0.4, -0.2) is 43.0 Å². The number of para-hydroxylation sites is 1. The Morgan fingerprint density at radius 3 is 2.08 bits per heavy atom. The Hall–Kier alpha value is -3.44. The standard InChI is InChI=1S/C26H21ClF6N2O3/c1-37-17-11-12-18(22(13-17)38-2)15-7-9-16(10-8-15)21-14-23(24(36,25(28,29)30)26(31,32)33)34-35(21)20-6-4-3-5-19(20)27/h3-13,21,36H,14H2,1-2H3. The minimum atomic E-state index is -6.06. The Labute approximate surface area is 218 Å². The van der Waals surface area contributed by atoms with Crippen molar-refractivity contribution in [2.75, 3.05) is 19.2 Å². The number of aliphatic hydroxyl groups is 1. The van der Waals surface area contributed by atoms with E-state index in [9.17, 15) is 31.4 Å². The third-order valence-electron chi connectivity index (χ3n) is 6.26. The molecule has 5 nitrogen and oxygen atoms in total. The van der Waals surface area contributed by atoms with Gasteiger partial charge in [-0.15, -0.1) is 0 Å². The minimum Gasteiger partial charge on any atom is -0.497 e. The molecular weight excluding hydrogens is 538 g/mol. The van der Waals surface area contributed by atoms with Crippen LogP contribution in [0.3, 0.4) is 0 Å². The van der Waals surface area contributed by atoms with Crippen molar-refractivity contribution in [3.05, 3.63) is 77.3 Å². The number of nitrogens with zero attached hydrogens (tertiary/aromatic N) is 2. The number of hydrazone groups is 1. The van der Waals surface area contributed by atoms with Gasteiger partial charge in [0.15, 0.2) is 0 Å². The summed E-state index contributed by atoms with van der Waals surface area (Å²) in [6.07, 6.45) is -13.0. The Balaban J connectivity index is 1.78. The summed E-state index contributed by atoms with van der Waals surface area (Å²) in [5.41, 5.74) is -4.81. The molecule has 3 aromatic carbocycles. The van der Waals surface area contributed by atoms with Crippen LogP contribution < -0.4 is 14.5 Å². The molecular formula is C26H21ClF6N2O3. The minimum absolute atomic E-state index is 0.0599. The van der Waals surface area contributed by atoms with E-state index < -0.39 is 36.1 Å². The van der Waals surface area contributed by atoms with Gasteiger partial charge in [-0.2, -0.15) is 31.4 Å². The molecule has 38 heavy (non-hydrogen) atoms. The summed E-state index contributed by atoms with van der Waals surface area (Å²) in [7, 11) is 2.98. The van der Waals surface area contributed by atoms with Gasteiger partial charge in [0.25, 0.3) is 5.60 Å². The Kier molecular flexibility index (Phi) is 7.28. The number of alkyl halides is 6. The smallest absolute Gasteiger partial charge is 0.431 e. The molecule has 1 heterocycles. The molecule has 3 aromatic rings. The molecule has 0 amide bonds. The SMILES string of the molecule is COc1ccc(-c2ccc(C3CC(C(O)(C(F)(F)F)C(F)(F)F)=NN3c3ccccc3Cl)cc2)c(OC)c1. The summed E-state index contributed by atoms with van der Waals surface area (Å²) in [6, 6.07) is 16.4. The van der Waals surface area contributed by atoms with E-state index >= 15 is 0 Å². The lowest BCUT2D eigenvalue weighted by Crippen LogP contribution is -2.62. The second kappa shape index (κ2) is 10.0. The van der Waals surface area contributed by atoms with Gasteiger partial charge in [-0.05, 0) is 35.4 Å². The van der Waals surface area contributed by atoms with Crippen molar-refractivity contribution in [2.24, 2.45) is 5.10 Å². The van der Waals surface area contributed by atoms with Gasteiger partial charge in [-0.25, -0.2) is 0 Å². The Morgan fingerprint density at radius 2 is 1.53 bits per heavy atom. The van der Waals surface area contributed by atoms with E-state index in [1.165, 1.54) is 32.4 Å². The third kappa shape index (κ3) is 4.76. The van der Waals surface area contributed by atoms with Crippen LogP contribution in [0.1, 0.15) is 18.0 Å². The van der Waals surface area contributed by atoms with Gasteiger partial charge < -0.3 is 14.6 Å². The fourth-order valence-corrected chi connectivity index (χ4v) is 4.48. The number of benzene rings is 3. The van der Waals surface area contributed by atoms with E-state index in [4.69, 9.17) is 21.1 Å². The van der Waals surface area contributed by atoms with Crippen LogP contribution in [0.25, 0.3) is 11.1 Å². The van der Waals surface area contributed by atoms with E-state index in [2.05, 4.69) is 5.10 Å². The number of hydrogen-bond donors (Lipinski definition) is 1. The third-order valence-corrected chi connectivity index (χ3v) is 6.58. The van der Waals surface area contributed by atoms with Crippen molar-refractivity contribution in [3.8, 4) is 22.6 Å². The molecule has 0 aromatic heterocycles. The zero-order valence-electron chi connectivity index (χ0n) is 19.9. The van der Waals surface area contributed by atoms with Crippen molar-refractivity contribution in [1.82, 2.24) is 0 Å². The molecule has 0 saturated heterocycles. The quantitative estimate of drug-likeness (QED) is 0.325. The predicted octanol–water partition coefficient (Wildman–Crippen LogP) is 7.19. The molecule has 1 aliphatic rings. The molecule has 1 aliphatic heterocycles. The fourth-order valence-electron chi connectivity index (χ4n) is 4.26. The highest BCUT2D eigenvalue weighted by molar-refractivity contribution is 6.33. The molecule has 1 unspecified atom stereocenters. The Morgan fingerprint density at radius 1 is 0.895 bits per heavy atom. The topological polar surface area (TPSA) is 54.3 Å². The van der Waals surface area contributed by atoms with E-state index in [-0.39, 0.29) is 10.7 Å². The maximum Gasteiger partial charge on any atom is 0.431 e. The van der Waals surface area contributed by atoms with E-state index in [1.807, 2.05) is 0 Å². The van der Waals surface area contributed by atoms with Gasteiger partial charge in [0.05, 0.1) is 36.7 Å². The second-order valence-corrected chi connectivity index (χ2v) is 8.86. The lowest BCUT2D eigenvalue weighted by Gasteiger charge is -2.32. The highest BCUT2D eigenvalue weighted by atomic mass is 35.5. The molecule has 0 saturated carbocycles. The summed E-state index contributed by atoms with van der Waals surface area (Å²) in [5, 5.41) is 14.7. The van der Waals surface area contributed by atoms with Gasteiger partial charge in [0, 0.05) is 18.1 Å². The van der Waals surface area contributed by atoms with Crippen molar-refractivity contribution in [2.45, 2.75) is 30.4 Å². The van der Waals surface area contributed by atoms with E-state index in [0.717, 1.165) is 5.01 Å². The number of halogens is 7. The number of ether oxygens (including phenoxy) is 2. The number of rotatable bonds is 6. The highest BCUT2D eigenvalue weighted by Crippen LogP contribution is 2.49. The summed E-state index contributed by atoms with van der Waals surface area (Å²) in [6.45, 7) is 0. The van der Waals surface area contributed by atoms with E-state index in [0.29, 0.717) is 28.2 Å². The van der Waals surface area contributed by atoms with Gasteiger partial charge in [0.1, 0.15) is 11.5 Å². The average Bonchev–Trinajstić information content (AvgIpc) is 3.32. The maximum absolute atomic E-state index is 13.6. The summed E-state index contributed by atoms with van der Waals surface area (Å²) >= 11 is 6.22. The van der Waals surface area contributed by atoms with Crippen LogP contribution in [0.5, 0.6) is 11.5 Å². The number of methoxy groups -OCH3 is 2. The van der Waals surface area contributed by atoms with Gasteiger partial charge in [0.2, 0.25) is 0 Å². The first-order valence-corrected chi connectivity index (χ1v) is 11.5. The summed E-state index contributed by atoms with van der Waals surface area (Å²) in [5.74, 6) is 1.07. The molecule has 0 aliphatic carbocycles. The van der Waals surface area contributed by atoms with Crippen LogP contribution in [0.2, 0.25) is 5.02 Å². The van der Waals surface area contributed by atoms with Gasteiger partial charge >= 0.3 is 12.4 Å². The highest BCUT2D eigenvalue weighted by Gasteiger charge is 2.74. The van der Waals surface area contributed by atoms with Crippen molar-refractivity contribution in [3.63, 3.8) is 0 Å². The van der Waals surface area contributed by atoms with Crippen LogP contribution in [0.4, 0.5) is 32.0 Å². The normalized spacial score (nSPS) is 16.4. The lowest BCUT2D eigenvalue weighted by molar-refractivity contribution is -0.338. The van der Waals surface area contributed by atoms with Gasteiger partial charge in [-0.1, -0.05) is 48.0 Å². The molecule has 1 atom stereocenters. The molecule has 202 valence electrons. The number of anilines is 1. The van der Waals surface area contributed by atoms with E-state index in [1.54, 1.807) is 48.5 Å². The van der Waals surface area contributed by atoms with Crippen LogP contribution >= 0.6 is 11.6 Å². The first-order valence-electron chi connectivity index (χ1n) is 11.1. The first-order chi connectivity index (χ1) is 17.8.